The Hall–Kier alpha value is -5.79. The van der Waals surface area contributed by atoms with Crippen LogP contribution in [-0.4, -0.2) is 54.9 Å². The van der Waals surface area contributed by atoms with E-state index in [-0.39, 0.29) is 11.1 Å². The predicted octanol–water partition coefficient (Wildman–Crippen LogP) is 5.52. The number of hydrogen-bond donors (Lipinski definition) is 2. The molecule has 1 amide bonds. The number of aliphatic imine (C=N–C) groups is 1. The van der Waals surface area contributed by atoms with Crippen LogP contribution in [0.1, 0.15) is 56.3 Å². The highest BCUT2D eigenvalue weighted by atomic mass is 32.2. The minimum Gasteiger partial charge on any atom is -0.417 e. The number of aromatic amines is 1. The number of amidine groups is 1. The molecule has 234 valence electrons. The fraction of sp³-hybridized carbons (Fsp3) is 0.118. The first-order valence-corrected chi connectivity index (χ1v) is 16.3. The minimum absolute atomic E-state index is 0.0140. The van der Waals surface area contributed by atoms with Gasteiger partial charge in [0.1, 0.15) is 0 Å². The predicted molar refractivity (Wildman–Crippen MR) is 178 cm³/mol. The number of cyclic esters (lactones) is 1. The number of benzene rings is 4. The maximum absolute atomic E-state index is 13.8. The van der Waals surface area contributed by atoms with E-state index in [9.17, 15) is 14.4 Å². The van der Waals surface area contributed by atoms with Crippen molar-refractivity contribution >= 4 is 44.2 Å². The number of hydrogen-bond acceptors (Lipinski definition) is 9. The van der Waals surface area contributed by atoms with Gasteiger partial charge >= 0.3 is 11.9 Å². The van der Waals surface area contributed by atoms with Gasteiger partial charge < -0.3 is 9.47 Å². The molecule has 12 nitrogen and oxygen atoms in total. The maximum atomic E-state index is 13.8. The lowest BCUT2D eigenvalue weighted by Crippen LogP contribution is -2.39. The molecule has 47 heavy (non-hydrogen) atoms. The van der Waals surface area contributed by atoms with Crippen LogP contribution in [-0.2, 0) is 9.47 Å². The summed E-state index contributed by atoms with van der Waals surface area (Å²) in [5.41, 5.74) is 7.77. The first-order valence-electron chi connectivity index (χ1n) is 14.7. The molecule has 0 bridgehead atoms. The molecule has 0 saturated heterocycles. The van der Waals surface area contributed by atoms with E-state index in [0.717, 1.165) is 33.8 Å². The van der Waals surface area contributed by atoms with Crippen molar-refractivity contribution in [2.45, 2.75) is 19.6 Å². The fourth-order valence-electron chi connectivity index (χ4n) is 5.43. The Morgan fingerprint density at radius 3 is 2.32 bits per heavy atom. The summed E-state index contributed by atoms with van der Waals surface area (Å²) in [5.74, 6) is -1.50. The summed E-state index contributed by atoms with van der Waals surface area (Å²) in [6.45, 7) is 2.03. The molecule has 0 aliphatic carbocycles. The number of carbonyl (C=O) groups is 3. The number of ether oxygens (including phenoxy) is 2. The molecule has 0 fully saturated rings. The number of nitrogens with zero attached hydrogens (tertiary/aromatic N) is 5. The third-order valence-electron chi connectivity index (χ3n) is 7.78. The van der Waals surface area contributed by atoms with Gasteiger partial charge in [0.05, 0.1) is 22.4 Å². The average Bonchev–Trinajstić information content (AvgIpc) is 3.84. The summed E-state index contributed by atoms with van der Waals surface area (Å²) in [6, 6.07) is 28.6. The van der Waals surface area contributed by atoms with E-state index >= 15 is 0 Å². The summed E-state index contributed by atoms with van der Waals surface area (Å²) in [5, 5.41) is 16.8. The number of amides is 1. The van der Waals surface area contributed by atoms with Gasteiger partial charge in [0.2, 0.25) is 5.82 Å². The molecular weight excluding hydrogens is 618 g/mol. The van der Waals surface area contributed by atoms with Gasteiger partial charge in [-0.2, -0.15) is 15.6 Å². The van der Waals surface area contributed by atoms with Gasteiger partial charge in [-0.3, -0.25) is 4.79 Å². The minimum atomic E-state index is -1.21. The molecule has 4 aromatic carbocycles. The number of esters is 2. The van der Waals surface area contributed by atoms with E-state index in [1.807, 2.05) is 61.7 Å². The number of carbonyl (C=O) groups excluding carboxylic acids is 3. The molecule has 2 unspecified atom stereocenters. The van der Waals surface area contributed by atoms with Crippen molar-refractivity contribution in [3.05, 3.63) is 119 Å². The SMILES string of the molecule is CCC1=S(C)C(=NC(=O)c2ccccc2C(=O)OC2OC(=O)c3ccccc32)N(c2ccc(-c3ccccc3-c3nn[nH]n3)cc2)N1. The Morgan fingerprint density at radius 1 is 0.915 bits per heavy atom. The van der Waals surface area contributed by atoms with Crippen LogP contribution in [0.4, 0.5) is 5.69 Å². The lowest BCUT2D eigenvalue weighted by Gasteiger charge is -2.20. The smallest absolute Gasteiger partial charge is 0.342 e. The highest BCUT2D eigenvalue weighted by molar-refractivity contribution is 8.28. The lowest BCUT2D eigenvalue weighted by molar-refractivity contribution is -0.0724. The van der Waals surface area contributed by atoms with Crippen LogP contribution in [0, 0.1) is 0 Å². The highest BCUT2D eigenvalue weighted by Crippen LogP contribution is 2.34. The normalized spacial score (nSPS) is 17.9. The topological polar surface area (TPSA) is 152 Å². The van der Waals surface area contributed by atoms with Gasteiger partial charge in [0.25, 0.3) is 12.2 Å². The molecule has 2 atom stereocenters. The Bertz CT molecular complexity index is 2090. The van der Waals surface area contributed by atoms with Crippen LogP contribution in [0.25, 0.3) is 22.5 Å². The third-order valence-corrected chi connectivity index (χ3v) is 9.72. The molecule has 1 aromatic heterocycles. The molecule has 2 aliphatic heterocycles. The standard InChI is InChI=1S/C34H27N7O5S/c1-3-28-38-41(21-18-16-20(17-19-21)22-10-4-5-11-23(22)29-36-39-40-37-29)34(47(28)2)35-30(42)24-12-6-7-13-25(24)31(43)45-33-27-15-9-8-14-26(27)32(44)46-33/h4-19,33,38H,3H2,1-2H3,(H,36,37,39,40). The Kier molecular flexibility index (Phi) is 7.98. The molecule has 3 heterocycles. The van der Waals surface area contributed by atoms with Crippen LogP contribution in [0.5, 0.6) is 0 Å². The van der Waals surface area contributed by atoms with Crippen molar-refractivity contribution in [1.29, 1.82) is 0 Å². The summed E-state index contributed by atoms with van der Waals surface area (Å²) < 4.78 is 10.8. The number of tetrazole rings is 1. The zero-order valence-corrected chi connectivity index (χ0v) is 26.0. The first kappa shape index (κ1) is 29.9. The van der Waals surface area contributed by atoms with E-state index in [0.29, 0.717) is 22.1 Å². The number of H-pyrrole nitrogens is 1. The van der Waals surface area contributed by atoms with Crippen molar-refractivity contribution in [3.8, 4) is 22.5 Å². The van der Waals surface area contributed by atoms with Gasteiger partial charge in [-0.1, -0.05) is 73.7 Å². The van der Waals surface area contributed by atoms with E-state index in [1.54, 1.807) is 41.4 Å². The second-order valence-corrected chi connectivity index (χ2v) is 12.4. The second-order valence-electron chi connectivity index (χ2n) is 10.5. The van der Waals surface area contributed by atoms with Crippen molar-refractivity contribution in [2.75, 3.05) is 11.3 Å². The molecule has 2 aliphatic rings. The quantitative estimate of drug-likeness (QED) is 0.171. The van der Waals surface area contributed by atoms with Crippen LogP contribution in [0.15, 0.2) is 102 Å². The number of fused-ring (bicyclic) bond motifs is 1. The van der Waals surface area contributed by atoms with E-state index in [4.69, 9.17) is 9.47 Å². The van der Waals surface area contributed by atoms with E-state index in [2.05, 4.69) is 31.0 Å². The number of hydrazine groups is 1. The van der Waals surface area contributed by atoms with E-state index < -0.39 is 34.6 Å². The van der Waals surface area contributed by atoms with Crippen LogP contribution < -0.4 is 10.4 Å². The number of aromatic nitrogens is 4. The first-order chi connectivity index (χ1) is 22.9. The molecule has 0 radical (unpaired) electrons. The number of anilines is 1. The maximum Gasteiger partial charge on any atom is 0.342 e. The van der Waals surface area contributed by atoms with Crippen molar-refractivity contribution in [2.24, 2.45) is 4.99 Å². The lowest BCUT2D eigenvalue weighted by atomic mass is 9.99. The van der Waals surface area contributed by atoms with Crippen molar-refractivity contribution in [1.82, 2.24) is 26.0 Å². The average molecular weight is 646 g/mol. The molecule has 2 N–H and O–H groups in total. The van der Waals surface area contributed by atoms with Crippen molar-refractivity contribution in [3.63, 3.8) is 0 Å². The van der Waals surface area contributed by atoms with Crippen LogP contribution in [0.2, 0.25) is 0 Å². The molecule has 5 aromatic rings. The Labute approximate surface area is 271 Å². The van der Waals surface area contributed by atoms with Gasteiger partial charge in [-0.15, -0.1) is 20.7 Å². The zero-order valence-electron chi connectivity index (χ0n) is 25.2. The third kappa shape index (κ3) is 5.62. The second kappa shape index (κ2) is 12.5. The summed E-state index contributed by atoms with van der Waals surface area (Å²) in [7, 11) is -0.529. The van der Waals surface area contributed by atoms with E-state index in [1.165, 1.54) is 12.1 Å². The Balaban J connectivity index is 1.17. The van der Waals surface area contributed by atoms with Crippen LogP contribution in [0.3, 0.4) is 0 Å². The fourth-order valence-corrected chi connectivity index (χ4v) is 6.95. The molecule has 0 saturated carbocycles. The largest absolute Gasteiger partial charge is 0.417 e. The summed E-state index contributed by atoms with van der Waals surface area (Å²) in [6.07, 6.45) is 1.52. The monoisotopic (exact) mass is 645 g/mol. The number of nitrogens with one attached hydrogen (secondary N) is 2. The molecule has 0 spiro atoms. The van der Waals surface area contributed by atoms with Gasteiger partial charge in [-0.05, 0) is 59.3 Å². The Morgan fingerprint density at radius 2 is 1.60 bits per heavy atom. The van der Waals surface area contributed by atoms with Gasteiger partial charge in [-0.25, -0.2) is 14.6 Å². The van der Waals surface area contributed by atoms with Crippen molar-refractivity contribution < 1.29 is 23.9 Å². The molecule has 13 heteroatoms. The zero-order chi connectivity index (χ0) is 32.5. The van der Waals surface area contributed by atoms with Gasteiger partial charge in [0.15, 0.2) is 5.17 Å². The van der Waals surface area contributed by atoms with Crippen LogP contribution >= 0.6 is 10.5 Å². The highest BCUT2D eigenvalue weighted by Gasteiger charge is 2.35. The molecule has 7 rings (SSSR count). The number of rotatable bonds is 7. The summed E-state index contributed by atoms with van der Waals surface area (Å²) in [4.78, 5) is 44.9. The molecular formula is C34H27N7O5S. The summed E-state index contributed by atoms with van der Waals surface area (Å²) >= 11 is 0. The van der Waals surface area contributed by atoms with Gasteiger partial charge in [0, 0.05) is 16.1 Å².